The van der Waals surface area contributed by atoms with Crippen LogP contribution in [0.1, 0.15) is 102 Å². The summed E-state index contributed by atoms with van der Waals surface area (Å²) >= 11 is 0. The first kappa shape index (κ1) is 27.4. The van der Waals surface area contributed by atoms with Gasteiger partial charge in [0.15, 0.2) is 0 Å². The van der Waals surface area contributed by atoms with Crippen LogP contribution >= 0.6 is 0 Å². The van der Waals surface area contributed by atoms with Crippen molar-refractivity contribution in [2.75, 3.05) is 6.61 Å². The summed E-state index contributed by atoms with van der Waals surface area (Å²) in [5.74, 6) is 1.24. The summed E-state index contributed by atoms with van der Waals surface area (Å²) in [5, 5.41) is 11.5. The summed E-state index contributed by atoms with van der Waals surface area (Å²) in [6.45, 7) is 9.42. The summed E-state index contributed by atoms with van der Waals surface area (Å²) in [6, 6.07) is 9.32. The lowest BCUT2D eigenvalue weighted by atomic mass is 9.50. The molecule has 0 spiro atoms. The van der Waals surface area contributed by atoms with Gasteiger partial charge in [0, 0.05) is 12.3 Å². The van der Waals surface area contributed by atoms with Crippen molar-refractivity contribution in [1.82, 2.24) is 0 Å². The number of aliphatic hydroxyl groups excluding tert-OH is 1. The number of rotatable bonds is 7. The first-order valence-corrected chi connectivity index (χ1v) is 15.0. The van der Waals surface area contributed by atoms with Crippen molar-refractivity contribution in [3.63, 3.8) is 0 Å². The molecular formula is C33H46O5. The van der Waals surface area contributed by atoms with Gasteiger partial charge in [-0.2, -0.15) is 0 Å². The Morgan fingerprint density at radius 3 is 2.58 bits per heavy atom. The second-order valence-corrected chi connectivity index (χ2v) is 13.0. The molecule has 5 heteroatoms. The van der Waals surface area contributed by atoms with Gasteiger partial charge >= 0.3 is 11.9 Å². The van der Waals surface area contributed by atoms with Crippen LogP contribution in [0.5, 0.6) is 0 Å². The molecule has 0 aromatic heterocycles. The van der Waals surface area contributed by atoms with Crippen LogP contribution in [0.3, 0.4) is 0 Å². The zero-order valence-corrected chi connectivity index (χ0v) is 23.7. The van der Waals surface area contributed by atoms with E-state index < -0.39 is 0 Å². The number of carbonyl (C=O) groups is 2. The maximum atomic E-state index is 12.7. The number of ether oxygens (including phenoxy) is 2. The topological polar surface area (TPSA) is 72.8 Å². The molecule has 1 aromatic rings. The van der Waals surface area contributed by atoms with Crippen LogP contribution < -0.4 is 0 Å². The van der Waals surface area contributed by atoms with Crippen LogP contribution in [0.4, 0.5) is 0 Å². The van der Waals surface area contributed by atoms with Gasteiger partial charge in [-0.05, 0) is 105 Å². The van der Waals surface area contributed by atoms with Gasteiger partial charge in [-0.15, -0.1) is 0 Å². The van der Waals surface area contributed by atoms with Crippen LogP contribution in [0.15, 0.2) is 41.5 Å². The fraction of sp³-hybridized carbons (Fsp3) is 0.697. The third kappa shape index (κ3) is 4.85. The zero-order chi connectivity index (χ0) is 27.1. The second kappa shape index (κ2) is 10.8. The maximum Gasteiger partial charge on any atom is 0.338 e. The highest BCUT2D eigenvalue weighted by Crippen LogP contribution is 2.66. The van der Waals surface area contributed by atoms with Gasteiger partial charge in [-0.3, -0.25) is 4.79 Å². The highest BCUT2D eigenvalue weighted by molar-refractivity contribution is 5.89. The van der Waals surface area contributed by atoms with E-state index in [4.69, 9.17) is 9.47 Å². The van der Waals surface area contributed by atoms with E-state index in [9.17, 15) is 14.7 Å². The van der Waals surface area contributed by atoms with Crippen molar-refractivity contribution in [3.05, 3.63) is 47.0 Å². The first-order chi connectivity index (χ1) is 18.2. The van der Waals surface area contributed by atoms with E-state index in [2.05, 4.69) is 20.8 Å². The largest absolute Gasteiger partial charge is 0.466 e. The third-order valence-corrected chi connectivity index (χ3v) is 11.1. The van der Waals surface area contributed by atoms with Gasteiger partial charge in [0.05, 0.1) is 18.3 Å². The number of allylic oxidation sites excluding steroid dienone is 1. The molecule has 4 aliphatic carbocycles. The van der Waals surface area contributed by atoms with Crippen molar-refractivity contribution in [1.29, 1.82) is 0 Å². The Hall–Kier alpha value is -2.14. The van der Waals surface area contributed by atoms with Crippen LogP contribution in [0.25, 0.3) is 0 Å². The summed E-state index contributed by atoms with van der Waals surface area (Å²) in [4.78, 5) is 24.7. The molecule has 2 fully saturated rings. The normalized spacial score (nSPS) is 37.0. The standard InChI is InChI=1S/C33H46O5/c1-5-37-29(35)14-11-21(2)27-20-28(34)30-25-13-12-23-19-24(38-31(36)22-9-7-6-8-10-22)15-17-32(23,3)26(25)16-18-33(27,30)4/h6-10,21,23-24,27-28,30,34H,5,11-20H2,1-4H3/t21-,23-,24-,27+,28+,30?,32-,33+/m0/s1. The number of hydrogen-bond donors (Lipinski definition) is 1. The quantitative estimate of drug-likeness (QED) is 0.312. The van der Waals surface area contributed by atoms with Crippen molar-refractivity contribution < 1.29 is 24.2 Å². The van der Waals surface area contributed by atoms with Crippen LogP contribution in [0, 0.1) is 34.5 Å². The fourth-order valence-electron chi connectivity index (χ4n) is 9.09. The molecule has 1 aromatic carbocycles. The average Bonchev–Trinajstić information content (AvgIpc) is 3.18. The molecular weight excluding hydrogens is 476 g/mol. The van der Waals surface area contributed by atoms with E-state index in [0.29, 0.717) is 36.3 Å². The molecule has 0 amide bonds. The minimum Gasteiger partial charge on any atom is -0.466 e. The van der Waals surface area contributed by atoms with Gasteiger partial charge in [0.1, 0.15) is 6.10 Å². The van der Waals surface area contributed by atoms with Gasteiger partial charge < -0.3 is 14.6 Å². The summed E-state index contributed by atoms with van der Waals surface area (Å²) in [6.07, 6.45) is 9.06. The Bertz CT molecular complexity index is 1060. The van der Waals surface area contributed by atoms with E-state index in [0.717, 1.165) is 57.8 Å². The van der Waals surface area contributed by atoms with E-state index in [1.165, 1.54) is 0 Å². The van der Waals surface area contributed by atoms with Gasteiger partial charge in [0.2, 0.25) is 0 Å². The highest BCUT2D eigenvalue weighted by Gasteiger charge is 2.59. The first-order valence-electron chi connectivity index (χ1n) is 15.0. The molecule has 38 heavy (non-hydrogen) atoms. The predicted octanol–water partition coefficient (Wildman–Crippen LogP) is 6.89. The molecule has 0 aliphatic heterocycles. The number of aliphatic hydroxyl groups is 1. The molecule has 2 saturated carbocycles. The fourth-order valence-corrected chi connectivity index (χ4v) is 9.09. The highest BCUT2D eigenvalue weighted by atomic mass is 16.5. The van der Waals surface area contributed by atoms with Crippen LogP contribution in [-0.4, -0.2) is 35.9 Å². The lowest BCUT2D eigenvalue weighted by Crippen LogP contribution is -2.47. The molecule has 1 unspecified atom stereocenters. The number of esters is 2. The molecule has 208 valence electrons. The lowest BCUT2D eigenvalue weighted by molar-refractivity contribution is -0.143. The third-order valence-electron chi connectivity index (χ3n) is 11.1. The van der Waals surface area contributed by atoms with Gasteiger partial charge in [0.25, 0.3) is 0 Å². The Morgan fingerprint density at radius 1 is 1.08 bits per heavy atom. The van der Waals surface area contributed by atoms with E-state index >= 15 is 0 Å². The van der Waals surface area contributed by atoms with Crippen molar-refractivity contribution in [3.8, 4) is 0 Å². The van der Waals surface area contributed by atoms with E-state index in [1.807, 2.05) is 37.3 Å². The average molecular weight is 523 g/mol. The van der Waals surface area contributed by atoms with Crippen molar-refractivity contribution in [2.24, 2.45) is 34.5 Å². The van der Waals surface area contributed by atoms with E-state index in [-0.39, 0.29) is 40.9 Å². The Kier molecular flexibility index (Phi) is 7.79. The molecule has 5 rings (SSSR count). The number of benzene rings is 1. The van der Waals surface area contributed by atoms with Gasteiger partial charge in [-0.25, -0.2) is 4.79 Å². The predicted molar refractivity (Wildman–Crippen MR) is 147 cm³/mol. The smallest absolute Gasteiger partial charge is 0.338 e. The minimum atomic E-state index is -0.302. The molecule has 5 nitrogen and oxygen atoms in total. The van der Waals surface area contributed by atoms with Crippen LogP contribution in [-0.2, 0) is 14.3 Å². The zero-order valence-electron chi connectivity index (χ0n) is 23.7. The molecule has 8 atom stereocenters. The molecule has 4 aliphatic rings. The molecule has 1 N–H and O–H groups in total. The molecule has 0 radical (unpaired) electrons. The summed E-state index contributed by atoms with van der Waals surface area (Å²) < 4.78 is 11.1. The number of fused-ring (bicyclic) bond motifs is 4. The monoisotopic (exact) mass is 522 g/mol. The van der Waals surface area contributed by atoms with Crippen LogP contribution in [0.2, 0.25) is 0 Å². The lowest BCUT2D eigenvalue weighted by Gasteiger charge is -2.55. The maximum absolute atomic E-state index is 12.7. The van der Waals surface area contributed by atoms with Gasteiger partial charge in [-0.1, -0.05) is 50.1 Å². The van der Waals surface area contributed by atoms with E-state index in [1.54, 1.807) is 11.1 Å². The second-order valence-electron chi connectivity index (χ2n) is 13.0. The molecule has 0 bridgehead atoms. The summed E-state index contributed by atoms with van der Waals surface area (Å²) in [7, 11) is 0. The SMILES string of the molecule is CCOC(=O)CC[C@H](C)[C@H]1C[C@@H](O)C2C3=C(CC[C@@]21C)[C@@]1(C)CC[C@H](OC(=O)c2ccccc2)C[C@@H]1CC3. The summed E-state index contributed by atoms with van der Waals surface area (Å²) in [5.41, 5.74) is 4.01. The van der Waals surface area contributed by atoms with Crippen molar-refractivity contribution in [2.45, 2.75) is 104 Å². The molecule has 0 heterocycles. The Labute approximate surface area is 228 Å². The Morgan fingerprint density at radius 2 is 1.84 bits per heavy atom. The number of hydrogen-bond acceptors (Lipinski definition) is 5. The minimum absolute atomic E-state index is 0.0153. The van der Waals surface area contributed by atoms with Crippen molar-refractivity contribution >= 4 is 11.9 Å². The molecule has 0 saturated heterocycles. The number of carbonyl (C=O) groups excluding carboxylic acids is 2. The Balaban J connectivity index is 1.29.